The van der Waals surface area contributed by atoms with Crippen LogP contribution in [0.2, 0.25) is 0 Å². The van der Waals surface area contributed by atoms with Gasteiger partial charge in [0.05, 0.1) is 43.1 Å². The predicted octanol–water partition coefficient (Wildman–Crippen LogP) is 1.13. The Labute approximate surface area is 208 Å². The summed E-state index contributed by atoms with van der Waals surface area (Å²) in [6.07, 6.45) is 2.77. The van der Waals surface area contributed by atoms with Crippen molar-refractivity contribution in [1.29, 1.82) is 0 Å². The minimum Gasteiger partial charge on any atom is -0.493 e. The lowest BCUT2D eigenvalue weighted by atomic mass is 10.2. The molecule has 190 valence electrons. The lowest BCUT2D eigenvalue weighted by molar-refractivity contribution is -0.144. The largest absolute Gasteiger partial charge is 0.493 e. The Hall–Kier alpha value is -3.11. The number of esters is 1. The van der Waals surface area contributed by atoms with E-state index in [1.165, 1.54) is 10.6 Å². The minimum atomic E-state index is -0.571. The highest BCUT2D eigenvalue weighted by atomic mass is 32.1. The van der Waals surface area contributed by atoms with Gasteiger partial charge >= 0.3 is 5.97 Å². The van der Waals surface area contributed by atoms with Gasteiger partial charge in [-0.2, -0.15) is 0 Å². The van der Waals surface area contributed by atoms with Crippen LogP contribution in [0.15, 0.2) is 23.0 Å². The van der Waals surface area contributed by atoms with E-state index in [0.29, 0.717) is 40.4 Å². The normalized spacial score (nSPS) is 19.1. The van der Waals surface area contributed by atoms with Crippen LogP contribution in [-0.4, -0.2) is 67.0 Å². The molecule has 3 rings (SSSR count). The van der Waals surface area contributed by atoms with Crippen molar-refractivity contribution >= 4 is 35.4 Å². The number of ether oxygens (including phenoxy) is 4. The van der Waals surface area contributed by atoms with Crippen molar-refractivity contribution in [2.75, 3.05) is 33.4 Å². The second kappa shape index (κ2) is 12.0. The van der Waals surface area contributed by atoms with E-state index in [2.05, 4.69) is 0 Å². The molecule has 0 saturated carbocycles. The average Bonchev–Trinajstić information content (AvgIpc) is 3.08. The summed E-state index contributed by atoms with van der Waals surface area (Å²) in [5.74, 6) is 0.366. The monoisotopic (exact) mass is 504 g/mol. The molecule has 0 spiro atoms. The van der Waals surface area contributed by atoms with Crippen LogP contribution >= 0.6 is 11.3 Å². The number of aromatic nitrogens is 1. The molecular formula is C25H32N2O7S. The zero-order valence-electron chi connectivity index (χ0n) is 20.7. The molecule has 1 amide bonds. The molecule has 35 heavy (non-hydrogen) atoms. The third-order valence-corrected chi connectivity index (χ3v) is 6.38. The van der Waals surface area contributed by atoms with Crippen LogP contribution < -0.4 is 24.2 Å². The maximum Gasteiger partial charge on any atom is 0.333 e. The van der Waals surface area contributed by atoms with Crippen LogP contribution in [0.4, 0.5) is 0 Å². The summed E-state index contributed by atoms with van der Waals surface area (Å²) < 4.78 is 23.7. The number of benzene rings is 1. The van der Waals surface area contributed by atoms with Gasteiger partial charge in [-0.1, -0.05) is 6.07 Å². The van der Waals surface area contributed by atoms with E-state index >= 15 is 0 Å². The zero-order valence-corrected chi connectivity index (χ0v) is 21.6. The Morgan fingerprint density at radius 2 is 1.86 bits per heavy atom. The van der Waals surface area contributed by atoms with Crippen LogP contribution in [0.3, 0.4) is 0 Å². The number of thiazole rings is 1. The van der Waals surface area contributed by atoms with E-state index in [4.69, 9.17) is 18.9 Å². The van der Waals surface area contributed by atoms with Gasteiger partial charge < -0.3 is 23.8 Å². The highest BCUT2D eigenvalue weighted by molar-refractivity contribution is 7.07. The van der Waals surface area contributed by atoms with Crippen molar-refractivity contribution in [1.82, 2.24) is 9.47 Å². The van der Waals surface area contributed by atoms with Gasteiger partial charge in [-0.05, 0) is 51.5 Å². The lowest BCUT2D eigenvalue weighted by Crippen LogP contribution is -2.50. The molecule has 1 saturated heterocycles. The summed E-state index contributed by atoms with van der Waals surface area (Å²) in [6, 6.07) is 5.36. The van der Waals surface area contributed by atoms with Crippen LogP contribution in [0.1, 0.15) is 33.3 Å². The second-order valence-corrected chi connectivity index (χ2v) is 9.20. The highest BCUT2D eigenvalue weighted by Crippen LogP contribution is 2.28. The molecule has 1 aliphatic rings. The fourth-order valence-electron chi connectivity index (χ4n) is 3.89. The molecule has 9 nitrogen and oxygen atoms in total. The standard InChI is InChI=1S/C25H32N2O7S/c1-6-32-19-9-8-18(10-20(19)31-5)11-21-25(30)27(23(35-21)12-24(29)33-7-2)15-22(28)26-13-16(3)34-17(4)14-26/h8-12,16-17H,6-7,13-15H2,1-5H3/b21-11-,23-12+/t16-,17+. The molecule has 0 N–H and O–H groups in total. The van der Waals surface area contributed by atoms with E-state index in [1.54, 1.807) is 37.1 Å². The van der Waals surface area contributed by atoms with E-state index in [9.17, 15) is 14.4 Å². The van der Waals surface area contributed by atoms with Gasteiger partial charge in [0, 0.05) is 13.1 Å². The second-order valence-electron chi connectivity index (χ2n) is 8.14. The Bertz CT molecular complexity index is 1220. The molecule has 1 aromatic heterocycles. The highest BCUT2D eigenvalue weighted by Gasteiger charge is 2.26. The molecule has 2 heterocycles. The number of carbonyl (C=O) groups is 2. The molecular weight excluding hydrogens is 472 g/mol. The number of hydrogen-bond donors (Lipinski definition) is 0. The first-order valence-corrected chi connectivity index (χ1v) is 12.4. The molecule has 0 radical (unpaired) electrons. The molecule has 10 heteroatoms. The molecule has 1 aliphatic heterocycles. The zero-order chi connectivity index (χ0) is 25.5. The van der Waals surface area contributed by atoms with Gasteiger partial charge in [-0.3, -0.25) is 14.2 Å². The van der Waals surface area contributed by atoms with Crippen molar-refractivity contribution < 1.29 is 28.5 Å². The van der Waals surface area contributed by atoms with Crippen molar-refractivity contribution in [2.24, 2.45) is 0 Å². The Balaban J connectivity index is 2.02. The average molecular weight is 505 g/mol. The quantitative estimate of drug-likeness (QED) is 0.497. The summed E-state index contributed by atoms with van der Waals surface area (Å²) in [6.45, 7) is 8.82. The number of hydrogen-bond acceptors (Lipinski definition) is 8. The Kier molecular flexibility index (Phi) is 9.11. The third kappa shape index (κ3) is 6.73. The minimum absolute atomic E-state index is 0.0917. The van der Waals surface area contributed by atoms with Crippen LogP contribution in [0, 0.1) is 0 Å². The molecule has 1 fully saturated rings. The fraction of sp³-hybridized carbons (Fsp3) is 0.480. The number of morpholine rings is 1. The number of carbonyl (C=O) groups excluding carboxylic acids is 2. The SMILES string of the molecule is CCOC(=O)/C=c1/s/c(=C\c2ccc(OCC)c(OC)c2)c(=O)n1CC(=O)N1C[C@@H](C)O[C@@H](C)C1. The lowest BCUT2D eigenvalue weighted by Gasteiger charge is -2.35. The number of methoxy groups -OCH3 is 1. The van der Waals surface area contributed by atoms with E-state index in [1.807, 2.05) is 26.8 Å². The number of rotatable bonds is 8. The first-order valence-electron chi connectivity index (χ1n) is 11.6. The van der Waals surface area contributed by atoms with Gasteiger partial charge in [-0.25, -0.2) is 4.79 Å². The summed E-state index contributed by atoms with van der Waals surface area (Å²) in [5.41, 5.74) is 0.363. The molecule has 2 aromatic rings. The van der Waals surface area contributed by atoms with Crippen LogP contribution in [0.25, 0.3) is 12.2 Å². The number of nitrogens with zero attached hydrogens (tertiary/aromatic N) is 2. The molecule has 0 bridgehead atoms. The van der Waals surface area contributed by atoms with Crippen LogP contribution in [0.5, 0.6) is 11.5 Å². The summed E-state index contributed by atoms with van der Waals surface area (Å²) in [7, 11) is 1.55. The van der Waals surface area contributed by atoms with Gasteiger partial charge in [0.1, 0.15) is 11.2 Å². The Morgan fingerprint density at radius 1 is 1.14 bits per heavy atom. The maximum absolute atomic E-state index is 13.3. The first-order chi connectivity index (χ1) is 16.7. The van der Waals surface area contributed by atoms with Crippen LogP contribution in [-0.2, 0) is 25.6 Å². The summed E-state index contributed by atoms with van der Waals surface area (Å²) in [4.78, 5) is 40.2. The smallest absolute Gasteiger partial charge is 0.333 e. The van der Waals surface area contributed by atoms with E-state index < -0.39 is 5.97 Å². The molecule has 1 aromatic carbocycles. The summed E-state index contributed by atoms with van der Waals surface area (Å²) >= 11 is 1.12. The van der Waals surface area contributed by atoms with Gasteiger partial charge in [-0.15, -0.1) is 11.3 Å². The molecule has 2 atom stereocenters. The van der Waals surface area contributed by atoms with E-state index in [-0.39, 0.29) is 36.8 Å². The van der Waals surface area contributed by atoms with Crippen molar-refractivity contribution in [3.05, 3.63) is 43.3 Å². The van der Waals surface area contributed by atoms with Crippen molar-refractivity contribution in [2.45, 2.75) is 46.4 Å². The Morgan fingerprint density at radius 3 is 2.49 bits per heavy atom. The van der Waals surface area contributed by atoms with Gasteiger partial charge in [0.2, 0.25) is 5.91 Å². The first kappa shape index (κ1) is 26.5. The summed E-state index contributed by atoms with van der Waals surface area (Å²) in [5, 5.41) is 0. The molecule has 0 aliphatic carbocycles. The van der Waals surface area contributed by atoms with Gasteiger partial charge in [0.25, 0.3) is 5.56 Å². The van der Waals surface area contributed by atoms with Crippen molar-refractivity contribution in [3.8, 4) is 11.5 Å². The van der Waals surface area contributed by atoms with Gasteiger partial charge in [0.15, 0.2) is 11.5 Å². The third-order valence-electron chi connectivity index (χ3n) is 5.32. The topological polar surface area (TPSA) is 96.3 Å². The predicted molar refractivity (Wildman–Crippen MR) is 133 cm³/mol. The maximum atomic E-state index is 13.3. The molecule has 0 unspecified atom stereocenters. The van der Waals surface area contributed by atoms with E-state index in [0.717, 1.165) is 16.9 Å². The fourth-order valence-corrected chi connectivity index (χ4v) is 4.93. The van der Waals surface area contributed by atoms with Crippen molar-refractivity contribution in [3.63, 3.8) is 0 Å². The number of amides is 1.